The van der Waals surface area contributed by atoms with E-state index in [1.807, 2.05) is 0 Å². The van der Waals surface area contributed by atoms with Crippen molar-refractivity contribution in [3.05, 3.63) is 40.3 Å². The lowest BCUT2D eigenvalue weighted by Crippen LogP contribution is -2.27. The topological polar surface area (TPSA) is 89.0 Å². The summed E-state index contributed by atoms with van der Waals surface area (Å²) in [6.07, 6.45) is 1.74. The molecule has 1 amide bonds. The van der Waals surface area contributed by atoms with Gasteiger partial charge in [0.05, 0.1) is 23.6 Å². The van der Waals surface area contributed by atoms with Gasteiger partial charge in [-0.05, 0) is 31.9 Å². The Kier molecular flexibility index (Phi) is 5.72. The van der Waals surface area contributed by atoms with E-state index >= 15 is 0 Å². The molecule has 0 spiro atoms. The third-order valence-corrected chi connectivity index (χ3v) is 5.06. The molecule has 2 N–H and O–H groups in total. The van der Waals surface area contributed by atoms with Crippen molar-refractivity contribution in [2.75, 3.05) is 11.9 Å². The Morgan fingerprint density at radius 3 is 3.08 bits per heavy atom. The van der Waals surface area contributed by atoms with Crippen molar-refractivity contribution in [2.24, 2.45) is 0 Å². The number of thioether (sulfide) groups is 1. The summed E-state index contributed by atoms with van der Waals surface area (Å²) in [7, 11) is 0. The van der Waals surface area contributed by atoms with Crippen LogP contribution in [0.15, 0.2) is 28.2 Å². The maximum absolute atomic E-state index is 13.7. The largest absolute Gasteiger partial charge is 0.376 e. The summed E-state index contributed by atoms with van der Waals surface area (Å²) in [5.41, 5.74) is -0.618. The Bertz CT molecular complexity index is 848. The second-order valence-electron chi connectivity index (χ2n) is 5.93. The van der Waals surface area contributed by atoms with Crippen molar-refractivity contribution < 1.29 is 18.3 Å². The second-order valence-corrected chi connectivity index (χ2v) is 7.24. The summed E-state index contributed by atoms with van der Waals surface area (Å²) >= 11 is 1.05. The highest BCUT2D eigenvalue weighted by Crippen LogP contribution is 2.24. The van der Waals surface area contributed by atoms with E-state index in [0.717, 1.165) is 42.8 Å². The first kappa shape index (κ1) is 18.6. The molecule has 0 aliphatic carbocycles. The van der Waals surface area contributed by atoms with Gasteiger partial charge in [0.2, 0.25) is 5.91 Å². The van der Waals surface area contributed by atoms with Crippen molar-refractivity contribution in [2.45, 2.75) is 42.8 Å². The van der Waals surface area contributed by atoms with Crippen LogP contribution in [-0.4, -0.2) is 38.6 Å². The van der Waals surface area contributed by atoms with Gasteiger partial charge in [-0.1, -0.05) is 11.8 Å². The maximum atomic E-state index is 13.7. The van der Waals surface area contributed by atoms with E-state index in [1.165, 1.54) is 4.57 Å². The van der Waals surface area contributed by atoms with Gasteiger partial charge < -0.3 is 10.1 Å². The predicted molar refractivity (Wildman–Crippen MR) is 92.1 cm³/mol. The van der Waals surface area contributed by atoms with Crippen LogP contribution in [0.5, 0.6) is 0 Å². The standard InChI is InChI=1S/C16H18F2N4O3S/c1-9(14(23)19-13-7-10(17)4-5-12(13)18)26-16-21-20-15(24)22(16)8-11-3-2-6-25-11/h4-5,7,9,11H,2-3,6,8H2,1H3,(H,19,23)(H,20,24)/t9-,11-/m0/s1. The van der Waals surface area contributed by atoms with Crippen LogP contribution >= 0.6 is 11.8 Å². The molecule has 1 saturated heterocycles. The van der Waals surface area contributed by atoms with Gasteiger partial charge >= 0.3 is 5.69 Å². The first-order valence-electron chi connectivity index (χ1n) is 8.13. The summed E-state index contributed by atoms with van der Waals surface area (Å²) in [4.78, 5) is 24.2. The Hall–Kier alpha value is -2.20. The summed E-state index contributed by atoms with van der Waals surface area (Å²) in [6, 6.07) is 2.82. The number of benzene rings is 1. The summed E-state index contributed by atoms with van der Waals surface area (Å²) in [5, 5.41) is 8.30. The van der Waals surface area contributed by atoms with Gasteiger partial charge in [0.1, 0.15) is 11.6 Å². The fraction of sp³-hybridized carbons (Fsp3) is 0.438. The highest BCUT2D eigenvalue weighted by atomic mass is 32.2. The smallest absolute Gasteiger partial charge is 0.344 e. The monoisotopic (exact) mass is 384 g/mol. The minimum atomic E-state index is -0.730. The highest BCUT2D eigenvalue weighted by Gasteiger charge is 2.23. The Labute approximate surface area is 152 Å². The van der Waals surface area contributed by atoms with Crippen LogP contribution in [0.25, 0.3) is 0 Å². The zero-order chi connectivity index (χ0) is 18.7. The molecule has 1 aliphatic heterocycles. The molecule has 2 atom stereocenters. The molecule has 1 aromatic heterocycles. The molecule has 0 unspecified atom stereocenters. The van der Waals surface area contributed by atoms with Gasteiger partial charge in [-0.2, -0.15) is 0 Å². The molecule has 2 aromatic rings. The lowest BCUT2D eigenvalue weighted by Gasteiger charge is -2.14. The van der Waals surface area contributed by atoms with E-state index in [2.05, 4.69) is 15.5 Å². The number of nitrogens with zero attached hydrogens (tertiary/aromatic N) is 2. The number of H-pyrrole nitrogens is 1. The molecule has 1 fully saturated rings. The third-order valence-electron chi connectivity index (χ3n) is 3.97. The van der Waals surface area contributed by atoms with Crippen LogP contribution < -0.4 is 11.0 Å². The SMILES string of the molecule is C[C@H](Sc1n[nH]c(=O)n1C[C@@H]1CCCO1)C(=O)Nc1cc(F)ccc1F. The Morgan fingerprint density at radius 2 is 2.35 bits per heavy atom. The molecule has 0 saturated carbocycles. The lowest BCUT2D eigenvalue weighted by molar-refractivity contribution is -0.115. The fourth-order valence-electron chi connectivity index (χ4n) is 2.59. The number of ether oxygens (including phenoxy) is 1. The number of anilines is 1. The number of amides is 1. The lowest BCUT2D eigenvalue weighted by atomic mass is 10.2. The van der Waals surface area contributed by atoms with Gasteiger partial charge in [-0.25, -0.2) is 18.7 Å². The average molecular weight is 384 g/mol. The number of aromatic nitrogens is 3. The molecule has 2 heterocycles. The van der Waals surface area contributed by atoms with Crippen LogP contribution in [0.1, 0.15) is 19.8 Å². The minimum Gasteiger partial charge on any atom is -0.376 e. The van der Waals surface area contributed by atoms with E-state index in [9.17, 15) is 18.4 Å². The van der Waals surface area contributed by atoms with Crippen LogP contribution in [0.2, 0.25) is 0 Å². The normalized spacial score (nSPS) is 18.0. The molecule has 0 bridgehead atoms. The molecule has 7 nitrogen and oxygen atoms in total. The molecule has 140 valence electrons. The summed E-state index contributed by atoms with van der Waals surface area (Å²) in [6.45, 7) is 2.61. The zero-order valence-corrected chi connectivity index (χ0v) is 14.8. The van der Waals surface area contributed by atoms with Gasteiger partial charge in [0, 0.05) is 12.7 Å². The van der Waals surface area contributed by atoms with Crippen molar-refractivity contribution in [3.63, 3.8) is 0 Å². The van der Waals surface area contributed by atoms with Crippen LogP contribution in [0.4, 0.5) is 14.5 Å². The zero-order valence-electron chi connectivity index (χ0n) is 14.0. The number of rotatable bonds is 6. The third kappa shape index (κ3) is 4.31. The van der Waals surface area contributed by atoms with Crippen molar-refractivity contribution in [1.82, 2.24) is 14.8 Å². The van der Waals surface area contributed by atoms with E-state index in [-0.39, 0.29) is 17.5 Å². The molecular weight excluding hydrogens is 366 g/mol. The van der Waals surface area contributed by atoms with Gasteiger partial charge in [-0.15, -0.1) is 5.10 Å². The molecule has 1 aromatic carbocycles. The summed E-state index contributed by atoms with van der Waals surface area (Å²) < 4.78 is 33.8. The number of aromatic amines is 1. The average Bonchev–Trinajstić information content (AvgIpc) is 3.23. The molecule has 1 aliphatic rings. The van der Waals surface area contributed by atoms with Crippen molar-refractivity contribution in [1.29, 1.82) is 0 Å². The Balaban J connectivity index is 1.67. The second kappa shape index (κ2) is 8.00. The molecule has 3 rings (SSSR count). The first-order chi connectivity index (χ1) is 12.4. The van der Waals surface area contributed by atoms with E-state index in [0.29, 0.717) is 18.3 Å². The Morgan fingerprint density at radius 1 is 1.54 bits per heavy atom. The van der Waals surface area contributed by atoms with E-state index in [4.69, 9.17) is 4.74 Å². The number of carbonyl (C=O) groups is 1. The van der Waals surface area contributed by atoms with Gasteiger partial charge in [0.15, 0.2) is 5.16 Å². The molecular formula is C16H18F2N4O3S. The number of halogens is 2. The van der Waals surface area contributed by atoms with Crippen LogP contribution in [0.3, 0.4) is 0 Å². The van der Waals surface area contributed by atoms with Gasteiger partial charge in [-0.3, -0.25) is 9.36 Å². The number of hydrogen-bond donors (Lipinski definition) is 2. The molecule has 10 heteroatoms. The maximum Gasteiger partial charge on any atom is 0.344 e. The van der Waals surface area contributed by atoms with Crippen molar-refractivity contribution in [3.8, 4) is 0 Å². The van der Waals surface area contributed by atoms with Crippen LogP contribution in [0, 0.1) is 11.6 Å². The predicted octanol–water partition coefficient (Wildman–Crippen LogP) is 2.15. The molecule has 0 radical (unpaired) electrons. The van der Waals surface area contributed by atoms with Gasteiger partial charge in [0.25, 0.3) is 0 Å². The number of hydrogen-bond acceptors (Lipinski definition) is 5. The van der Waals surface area contributed by atoms with E-state index in [1.54, 1.807) is 6.92 Å². The quantitative estimate of drug-likeness (QED) is 0.745. The first-order valence-corrected chi connectivity index (χ1v) is 9.01. The highest BCUT2D eigenvalue weighted by molar-refractivity contribution is 8.00. The fourth-order valence-corrected chi connectivity index (χ4v) is 3.45. The minimum absolute atomic E-state index is 0.0600. The van der Waals surface area contributed by atoms with E-state index < -0.39 is 22.8 Å². The van der Waals surface area contributed by atoms with Crippen LogP contribution in [-0.2, 0) is 16.1 Å². The molecule has 26 heavy (non-hydrogen) atoms. The number of nitrogens with one attached hydrogen (secondary N) is 2. The summed E-state index contributed by atoms with van der Waals surface area (Å²) in [5.74, 6) is -1.91. The number of carbonyl (C=O) groups excluding carboxylic acids is 1. The van der Waals surface area contributed by atoms with Crippen molar-refractivity contribution >= 4 is 23.4 Å².